The van der Waals surface area contributed by atoms with E-state index in [4.69, 9.17) is 38.3 Å². The first-order valence-corrected chi connectivity index (χ1v) is 15.2. The summed E-state index contributed by atoms with van der Waals surface area (Å²) in [4.78, 5) is 8.63. The summed E-state index contributed by atoms with van der Waals surface area (Å²) < 4.78 is 62.1. The average molecular weight is 622 g/mol. The predicted octanol–water partition coefficient (Wildman–Crippen LogP) is 5.95. The van der Waals surface area contributed by atoms with Crippen LogP contribution in [0.15, 0.2) is 60.9 Å². The molecule has 1 saturated heterocycles. The number of hydrogen-bond acceptors (Lipinski definition) is 7. The predicted molar refractivity (Wildman–Crippen MR) is 164 cm³/mol. The highest BCUT2D eigenvalue weighted by molar-refractivity contribution is 5.51. The second kappa shape index (κ2) is 18.2. The third-order valence-corrected chi connectivity index (χ3v) is 7.40. The van der Waals surface area contributed by atoms with Crippen LogP contribution in [0.4, 0.5) is 8.78 Å². The standard InChI is InChI=1S/C34H46F2O8/c1-26(44-34(36,16-5-17-37)32(35)42-19-4-6-31-25-43-31)15-20-40-24-27-7-9-28(10-8-27)33(2,3)29-11-13-30(14-12-29)41-23-22-39-21-18-38/h7-14,18,31-32,37H,1,4-6,15-17,19-25H2,2-3H3/p+1. The molecule has 0 aliphatic carbocycles. The molecule has 244 valence electrons. The van der Waals surface area contributed by atoms with Gasteiger partial charge >= 0.3 is 12.1 Å². The van der Waals surface area contributed by atoms with E-state index in [1.54, 1.807) is 0 Å². The second-order valence-electron chi connectivity index (χ2n) is 11.3. The summed E-state index contributed by atoms with van der Waals surface area (Å²) in [6.07, 6.45) is -0.0186. The van der Waals surface area contributed by atoms with Crippen molar-refractivity contribution in [2.24, 2.45) is 0 Å². The maximum atomic E-state index is 15.4. The Morgan fingerprint density at radius 3 is 2.36 bits per heavy atom. The van der Waals surface area contributed by atoms with E-state index in [0.29, 0.717) is 32.8 Å². The summed E-state index contributed by atoms with van der Waals surface area (Å²) in [5.41, 5.74) is 3.00. The van der Waals surface area contributed by atoms with Crippen molar-refractivity contribution in [1.82, 2.24) is 0 Å². The van der Waals surface area contributed by atoms with Crippen molar-refractivity contribution in [3.8, 4) is 5.75 Å². The van der Waals surface area contributed by atoms with Crippen LogP contribution in [0.25, 0.3) is 0 Å². The molecular formula is C34H47F2O8+. The van der Waals surface area contributed by atoms with Gasteiger partial charge < -0.3 is 33.5 Å². The van der Waals surface area contributed by atoms with Crippen LogP contribution < -0.4 is 4.74 Å². The van der Waals surface area contributed by atoms with Crippen LogP contribution in [-0.2, 0) is 35.7 Å². The van der Waals surface area contributed by atoms with Gasteiger partial charge in [-0.3, -0.25) is 4.79 Å². The van der Waals surface area contributed by atoms with Crippen molar-refractivity contribution >= 4 is 6.29 Å². The van der Waals surface area contributed by atoms with E-state index < -0.39 is 12.2 Å². The minimum absolute atomic E-state index is 0.0220. The van der Waals surface area contributed by atoms with E-state index in [9.17, 15) is 4.39 Å². The van der Waals surface area contributed by atoms with Crippen molar-refractivity contribution < 1.29 is 47.1 Å². The Kier molecular flexibility index (Phi) is 14.7. The van der Waals surface area contributed by atoms with Crippen molar-refractivity contribution in [2.45, 2.75) is 76.3 Å². The zero-order chi connectivity index (χ0) is 31.8. The van der Waals surface area contributed by atoms with Crippen molar-refractivity contribution in [3.63, 3.8) is 0 Å². The van der Waals surface area contributed by atoms with Gasteiger partial charge in [-0.25, -0.2) is 4.39 Å². The first-order chi connectivity index (χ1) is 21.2. The van der Waals surface area contributed by atoms with Crippen molar-refractivity contribution in [3.05, 3.63) is 77.6 Å². The Morgan fingerprint density at radius 2 is 1.73 bits per heavy atom. The van der Waals surface area contributed by atoms with Crippen LogP contribution >= 0.6 is 0 Å². The van der Waals surface area contributed by atoms with Crippen molar-refractivity contribution in [1.29, 1.82) is 0 Å². The topological polar surface area (TPSA) is 100 Å². The van der Waals surface area contributed by atoms with Crippen molar-refractivity contribution in [2.75, 3.05) is 46.2 Å². The number of alkyl halides is 2. The molecule has 1 aliphatic rings. The number of carbonyl (C=O) groups excluding carboxylic acids is 1. The molecule has 3 unspecified atom stereocenters. The number of aldehydes is 1. The van der Waals surface area contributed by atoms with Crippen LogP contribution in [0, 0.1) is 0 Å². The lowest BCUT2D eigenvalue weighted by Crippen LogP contribution is -2.40. The van der Waals surface area contributed by atoms with Gasteiger partial charge in [0.2, 0.25) is 0 Å². The SMILES string of the molecule is C=C(CCOCc1ccc(C(C)(C)c2ccc(OCCOCC=[OH+])cc2)cc1)OC(F)(CCCO)C(F)OCCCC1CO1. The van der Waals surface area contributed by atoms with E-state index in [1.165, 1.54) is 0 Å². The molecule has 0 saturated carbocycles. The first kappa shape index (κ1) is 35.6. The van der Waals surface area contributed by atoms with Gasteiger partial charge in [0.25, 0.3) is 6.36 Å². The van der Waals surface area contributed by atoms with Gasteiger partial charge in [-0.15, -0.1) is 0 Å². The maximum Gasteiger partial charge on any atom is 0.307 e. The lowest BCUT2D eigenvalue weighted by atomic mass is 9.78. The molecule has 1 fully saturated rings. The maximum absolute atomic E-state index is 15.4. The van der Waals surface area contributed by atoms with E-state index in [0.717, 1.165) is 35.1 Å². The normalized spacial score (nSPS) is 16.6. The summed E-state index contributed by atoms with van der Waals surface area (Å²) in [7, 11) is 0. The monoisotopic (exact) mass is 621 g/mol. The molecule has 8 nitrogen and oxygen atoms in total. The lowest BCUT2D eigenvalue weighted by Gasteiger charge is -2.30. The zero-order valence-electron chi connectivity index (χ0n) is 25.9. The Hall–Kier alpha value is -2.89. The molecule has 0 bridgehead atoms. The zero-order valence-corrected chi connectivity index (χ0v) is 25.9. The van der Waals surface area contributed by atoms with Gasteiger partial charge in [0, 0.05) is 24.9 Å². The highest BCUT2D eigenvalue weighted by atomic mass is 19.2. The summed E-state index contributed by atoms with van der Waals surface area (Å²) in [5.74, 6) is -1.94. The fraction of sp³-hybridized carbons (Fsp3) is 0.559. The molecule has 3 atom stereocenters. The molecule has 0 radical (unpaired) electrons. The molecule has 3 rings (SSSR count). The second-order valence-corrected chi connectivity index (χ2v) is 11.3. The Labute approximate surface area is 259 Å². The number of aliphatic hydroxyl groups excluding tert-OH is 1. The number of rotatable bonds is 24. The van der Waals surface area contributed by atoms with Gasteiger partial charge in [-0.05, 0) is 48.1 Å². The van der Waals surface area contributed by atoms with Crippen LogP contribution in [0.1, 0.15) is 62.6 Å². The molecule has 0 amide bonds. The minimum Gasteiger partial charge on any atom is -0.491 e. The smallest absolute Gasteiger partial charge is 0.307 e. The molecular weight excluding hydrogens is 574 g/mol. The fourth-order valence-corrected chi connectivity index (χ4v) is 4.56. The van der Waals surface area contributed by atoms with Gasteiger partial charge in [-0.2, -0.15) is 4.39 Å². The molecule has 2 aromatic carbocycles. The summed E-state index contributed by atoms with van der Waals surface area (Å²) in [6, 6.07) is 16.1. The van der Waals surface area contributed by atoms with Gasteiger partial charge in [0.05, 0.1) is 44.9 Å². The number of hydrogen-bond donors (Lipinski definition) is 1. The average Bonchev–Trinajstić information content (AvgIpc) is 3.85. The number of benzene rings is 2. The first-order valence-electron chi connectivity index (χ1n) is 15.2. The highest BCUT2D eigenvalue weighted by Gasteiger charge is 2.43. The van der Waals surface area contributed by atoms with Gasteiger partial charge in [-0.1, -0.05) is 56.8 Å². The summed E-state index contributed by atoms with van der Waals surface area (Å²) in [5, 5.41) is 9.13. The summed E-state index contributed by atoms with van der Waals surface area (Å²) in [6.45, 7) is 10.0. The Bertz CT molecular complexity index is 1120. The van der Waals surface area contributed by atoms with Crippen LogP contribution in [-0.4, -0.2) is 80.8 Å². The van der Waals surface area contributed by atoms with Crippen LogP contribution in [0.5, 0.6) is 5.75 Å². The molecule has 10 heteroatoms. The fourth-order valence-electron chi connectivity index (χ4n) is 4.56. The lowest BCUT2D eigenvalue weighted by molar-refractivity contribution is -0.251. The summed E-state index contributed by atoms with van der Waals surface area (Å²) >= 11 is 0. The number of aliphatic hydroxyl groups is 1. The molecule has 2 aromatic rings. The van der Waals surface area contributed by atoms with Crippen LogP contribution in [0.2, 0.25) is 0 Å². The third-order valence-electron chi connectivity index (χ3n) is 7.40. The molecule has 0 spiro atoms. The largest absolute Gasteiger partial charge is 0.491 e. The molecule has 0 aromatic heterocycles. The Morgan fingerprint density at radius 1 is 1.05 bits per heavy atom. The molecule has 1 heterocycles. The number of ether oxygens (including phenoxy) is 6. The number of epoxide rings is 1. The number of halogens is 2. The van der Waals surface area contributed by atoms with E-state index in [-0.39, 0.29) is 63.0 Å². The Balaban J connectivity index is 1.41. The molecule has 1 aliphatic heterocycles. The third kappa shape index (κ3) is 11.9. The van der Waals surface area contributed by atoms with E-state index in [1.807, 2.05) is 36.4 Å². The minimum atomic E-state index is -2.74. The van der Waals surface area contributed by atoms with Gasteiger partial charge in [0.1, 0.15) is 12.4 Å². The van der Waals surface area contributed by atoms with E-state index >= 15 is 4.39 Å². The van der Waals surface area contributed by atoms with E-state index in [2.05, 4.69) is 32.6 Å². The molecule has 44 heavy (non-hydrogen) atoms. The van der Waals surface area contributed by atoms with Crippen LogP contribution in [0.3, 0.4) is 0 Å². The van der Waals surface area contributed by atoms with Gasteiger partial charge in [0.15, 0.2) is 6.61 Å². The molecule has 2 N–H and O–H groups in total. The highest BCUT2D eigenvalue weighted by Crippen LogP contribution is 2.33. The quantitative estimate of drug-likeness (QED) is 0.0509.